The summed E-state index contributed by atoms with van der Waals surface area (Å²) in [5.41, 5.74) is 0.604. The van der Waals surface area contributed by atoms with E-state index in [0.717, 1.165) is 11.8 Å². The number of rotatable bonds is 3. The lowest BCUT2D eigenvalue weighted by atomic mass is 10.1. The van der Waals surface area contributed by atoms with Crippen LogP contribution in [0.5, 0.6) is 0 Å². The van der Waals surface area contributed by atoms with Crippen molar-refractivity contribution < 1.29 is 5.11 Å². The minimum absolute atomic E-state index is 0.375. The number of allylic oxidation sites excluding steroid dienone is 1. The van der Waals surface area contributed by atoms with Crippen LogP contribution in [0.3, 0.4) is 0 Å². The fraction of sp³-hybridized carbons (Fsp3) is 0.714. The van der Waals surface area contributed by atoms with Gasteiger partial charge in [-0.15, -0.1) is 0 Å². The predicted molar refractivity (Wildman–Crippen MR) is 77.1 cm³/mol. The van der Waals surface area contributed by atoms with Crippen molar-refractivity contribution in [3.05, 3.63) is 10.5 Å². The number of halogens is 6. The Morgan fingerprint density at radius 2 is 1.80 bits per heavy atom. The summed E-state index contributed by atoms with van der Waals surface area (Å²) < 4.78 is -2.78. The molecule has 15 heavy (non-hydrogen) atoms. The number of hydrogen-bond donors (Lipinski definition) is 1. The van der Waals surface area contributed by atoms with E-state index in [0.29, 0.717) is 21.1 Å². The molecular weight excluding hydrogens is 434 g/mol. The molecule has 1 aliphatic rings. The number of aliphatic hydroxyl groups is 1. The van der Waals surface area contributed by atoms with Crippen molar-refractivity contribution in [2.75, 3.05) is 10.7 Å². The van der Waals surface area contributed by atoms with Gasteiger partial charge in [0.05, 0.1) is 6.10 Å². The molecule has 0 aromatic carbocycles. The second-order valence-corrected chi connectivity index (χ2v) is 8.41. The molecule has 1 N–H and O–H groups in total. The summed E-state index contributed by atoms with van der Waals surface area (Å²) >= 11 is 31.7. The van der Waals surface area contributed by atoms with Crippen LogP contribution >= 0.6 is 90.0 Å². The summed E-state index contributed by atoms with van der Waals surface area (Å²) in [6.07, 6.45) is -0.709. The molecule has 0 saturated heterocycles. The zero-order chi connectivity index (χ0) is 11.9. The standard InChI is InChI=1S/C7H6Br2Cl4OS/c8-1-3-5(4(14)2-9)15-7(12,13)6(3,10)11/h4,14H,1-2H2. The summed E-state index contributed by atoms with van der Waals surface area (Å²) in [5.74, 6) is 0. The smallest absolute Gasteiger partial charge is 0.204 e. The first kappa shape index (κ1) is 15.2. The average molecular weight is 440 g/mol. The third kappa shape index (κ3) is 2.78. The first-order chi connectivity index (χ1) is 6.78. The van der Waals surface area contributed by atoms with Crippen LogP contribution in [0, 0.1) is 0 Å². The number of hydrogen-bond acceptors (Lipinski definition) is 2. The lowest BCUT2D eigenvalue weighted by molar-refractivity contribution is 0.245. The Balaban J connectivity index is 3.14. The van der Waals surface area contributed by atoms with Gasteiger partial charge >= 0.3 is 0 Å². The summed E-state index contributed by atoms with van der Waals surface area (Å²) in [7, 11) is 0. The Morgan fingerprint density at radius 1 is 1.27 bits per heavy atom. The maximum atomic E-state index is 9.74. The zero-order valence-electron chi connectivity index (χ0n) is 7.11. The summed E-state index contributed by atoms with van der Waals surface area (Å²) in [6, 6.07) is 0. The topological polar surface area (TPSA) is 20.2 Å². The van der Waals surface area contributed by atoms with Gasteiger partial charge in [0, 0.05) is 15.6 Å². The van der Waals surface area contributed by atoms with E-state index in [1.807, 2.05) is 0 Å². The Kier molecular flexibility index (Phi) is 5.52. The molecule has 0 fully saturated rings. The molecule has 0 amide bonds. The first-order valence-electron chi connectivity index (χ1n) is 3.76. The van der Waals surface area contributed by atoms with E-state index in [9.17, 15) is 5.11 Å². The molecule has 0 radical (unpaired) electrons. The summed E-state index contributed by atoms with van der Waals surface area (Å²) in [5, 5.41) is 10.5. The minimum Gasteiger partial charge on any atom is -0.387 e. The highest BCUT2D eigenvalue weighted by atomic mass is 79.9. The molecule has 0 bridgehead atoms. The normalized spacial score (nSPS) is 25.8. The van der Waals surface area contributed by atoms with Crippen LogP contribution in [-0.2, 0) is 0 Å². The van der Waals surface area contributed by atoms with Crippen molar-refractivity contribution in [1.82, 2.24) is 0 Å². The molecule has 1 nitrogen and oxygen atoms in total. The van der Waals surface area contributed by atoms with Crippen LogP contribution in [0.15, 0.2) is 10.5 Å². The van der Waals surface area contributed by atoms with Crippen molar-refractivity contribution in [2.45, 2.75) is 14.1 Å². The monoisotopic (exact) mass is 436 g/mol. The zero-order valence-corrected chi connectivity index (χ0v) is 14.1. The molecular formula is C7H6Br2Cl4OS. The van der Waals surface area contributed by atoms with Crippen molar-refractivity contribution in [1.29, 1.82) is 0 Å². The highest BCUT2D eigenvalue weighted by molar-refractivity contribution is 9.09. The van der Waals surface area contributed by atoms with Crippen molar-refractivity contribution >= 4 is 90.0 Å². The van der Waals surface area contributed by atoms with Gasteiger partial charge < -0.3 is 5.11 Å². The fourth-order valence-corrected chi connectivity index (χ4v) is 5.36. The fourth-order valence-electron chi connectivity index (χ4n) is 1.08. The number of thioether (sulfide) groups is 1. The number of alkyl halides is 6. The van der Waals surface area contributed by atoms with Gasteiger partial charge in [-0.2, -0.15) is 0 Å². The van der Waals surface area contributed by atoms with Crippen LogP contribution in [0.1, 0.15) is 0 Å². The van der Waals surface area contributed by atoms with Gasteiger partial charge in [-0.1, -0.05) is 90.0 Å². The Labute approximate surface area is 129 Å². The Bertz CT molecular complexity index is 295. The lowest BCUT2D eigenvalue weighted by Gasteiger charge is -2.26. The lowest BCUT2D eigenvalue weighted by Crippen LogP contribution is -2.31. The molecule has 0 aromatic heterocycles. The van der Waals surface area contributed by atoms with Crippen LogP contribution in [-0.4, -0.2) is 29.9 Å². The maximum Gasteiger partial charge on any atom is 0.204 e. The average Bonchev–Trinajstić information content (AvgIpc) is 2.32. The van der Waals surface area contributed by atoms with Crippen LogP contribution < -0.4 is 0 Å². The first-order valence-corrected chi connectivity index (χ1v) is 8.33. The van der Waals surface area contributed by atoms with Crippen LogP contribution in [0.25, 0.3) is 0 Å². The van der Waals surface area contributed by atoms with Gasteiger partial charge in [-0.05, 0) is 5.57 Å². The Morgan fingerprint density at radius 3 is 2.20 bits per heavy atom. The maximum absolute atomic E-state index is 9.74. The minimum atomic E-state index is -1.40. The molecule has 88 valence electrons. The van der Waals surface area contributed by atoms with Gasteiger partial charge in [-0.25, -0.2) is 0 Å². The second-order valence-electron chi connectivity index (χ2n) is 2.84. The number of aliphatic hydroxyl groups excluding tert-OH is 1. The Hall–Kier alpha value is 2.17. The molecule has 1 aliphatic heterocycles. The second kappa shape index (κ2) is 5.43. The molecule has 8 heteroatoms. The van der Waals surface area contributed by atoms with Crippen molar-refractivity contribution in [3.8, 4) is 0 Å². The van der Waals surface area contributed by atoms with E-state index in [4.69, 9.17) is 46.4 Å². The molecule has 1 rings (SSSR count). The quantitative estimate of drug-likeness (QED) is 0.656. The largest absolute Gasteiger partial charge is 0.387 e. The highest BCUT2D eigenvalue weighted by Crippen LogP contribution is 2.63. The third-order valence-corrected chi connectivity index (χ3v) is 7.00. The van der Waals surface area contributed by atoms with E-state index < -0.39 is 14.1 Å². The van der Waals surface area contributed by atoms with Crippen LogP contribution in [0.2, 0.25) is 0 Å². The molecule has 0 saturated carbocycles. The molecule has 0 aliphatic carbocycles. The van der Waals surface area contributed by atoms with Gasteiger partial charge in [0.1, 0.15) is 0 Å². The van der Waals surface area contributed by atoms with Crippen molar-refractivity contribution in [3.63, 3.8) is 0 Å². The molecule has 0 aromatic rings. The third-order valence-electron chi connectivity index (χ3n) is 1.86. The SMILES string of the molecule is OC(CBr)C1=C(CBr)C(Cl)(Cl)C(Cl)(Cl)S1. The predicted octanol–water partition coefficient (Wildman–Crippen LogP) is 4.44. The molecule has 1 unspecified atom stereocenters. The van der Waals surface area contributed by atoms with E-state index in [2.05, 4.69) is 31.9 Å². The van der Waals surface area contributed by atoms with Gasteiger partial charge in [-0.3, -0.25) is 0 Å². The van der Waals surface area contributed by atoms with E-state index in [1.165, 1.54) is 0 Å². The summed E-state index contributed by atoms with van der Waals surface area (Å²) in [4.78, 5) is 0.610. The molecule has 1 heterocycles. The molecule has 0 spiro atoms. The van der Waals surface area contributed by atoms with Gasteiger partial charge in [0.15, 0.2) is 4.33 Å². The van der Waals surface area contributed by atoms with Gasteiger partial charge in [0.2, 0.25) is 3.67 Å². The molecule has 1 atom stereocenters. The van der Waals surface area contributed by atoms with Gasteiger partial charge in [0.25, 0.3) is 0 Å². The van der Waals surface area contributed by atoms with E-state index in [1.54, 1.807) is 0 Å². The highest BCUT2D eigenvalue weighted by Gasteiger charge is 2.57. The summed E-state index contributed by atoms with van der Waals surface area (Å²) in [6.45, 7) is 0. The van der Waals surface area contributed by atoms with E-state index >= 15 is 0 Å². The van der Waals surface area contributed by atoms with E-state index in [-0.39, 0.29) is 0 Å². The van der Waals surface area contributed by atoms with Crippen LogP contribution in [0.4, 0.5) is 0 Å². The van der Waals surface area contributed by atoms with Crippen molar-refractivity contribution in [2.24, 2.45) is 0 Å².